The van der Waals surface area contributed by atoms with Gasteiger partial charge in [-0.15, -0.1) is 31.4 Å². The highest BCUT2D eigenvalue weighted by molar-refractivity contribution is 5.95. The van der Waals surface area contributed by atoms with Crippen LogP contribution in [0, 0.1) is 6.92 Å². The Morgan fingerprint density at radius 2 is 1.58 bits per heavy atom. The molecule has 3 aromatic rings. The Hall–Kier alpha value is -4.44. The second kappa shape index (κ2) is 9.67. The van der Waals surface area contributed by atoms with Gasteiger partial charge in [0.05, 0.1) is 18.4 Å². The van der Waals surface area contributed by atoms with Crippen LogP contribution in [0.15, 0.2) is 30.6 Å². The van der Waals surface area contributed by atoms with Gasteiger partial charge < -0.3 is 20.5 Å². The van der Waals surface area contributed by atoms with E-state index in [-0.39, 0.29) is 23.2 Å². The molecule has 0 fully saturated rings. The highest BCUT2D eigenvalue weighted by Gasteiger charge is 2.34. The first kappa shape index (κ1) is 26.2. The second-order valence-electron chi connectivity index (χ2n) is 7.04. The highest BCUT2D eigenvalue weighted by atomic mass is 19.4. The summed E-state index contributed by atoms with van der Waals surface area (Å²) in [5.74, 6) is -3.72. The fourth-order valence-corrected chi connectivity index (χ4v) is 2.87. The number of rotatable bonds is 7. The zero-order valence-electron chi connectivity index (χ0n) is 18.2. The number of alkyl halides is 6. The smallest absolute Gasteiger partial charge is 0.406 e. The van der Waals surface area contributed by atoms with Crippen LogP contribution in [0.2, 0.25) is 0 Å². The number of carbonyl (C=O) groups excluding carboxylic acids is 2. The number of hydrogen-bond acceptors (Lipinski definition) is 8. The molecule has 3 rings (SSSR count). The second-order valence-corrected chi connectivity index (χ2v) is 7.04. The fraction of sp³-hybridized carbons (Fsp3) is 0.263. The Labute approximate surface area is 197 Å². The van der Waals surface area contributed by atoms with E-state index in [0.717, 1.165) is 12.4 Å². The van der Waals surface area contributed by atoms with Gasteiger partial charge in [0.15, 0.2) is 11.6 Å². The van der Waals surface area contributed by atoms with Gasteiger partial charge in [0, 0.05) is 11.6 Å². The molecule has 0 unspecified atom stereocenters. The zero-order valence-corrected chi connectivity index (χ0v) is 18.2. The Morgan fingerprint density at radius 1 is 1.00 bits per heavy atom. The molecule has 1 atom stereocenters. The molecular weight excluding hydrogens is 504 g/mol. The maximum absolute atomic E-state index is 12.7. The first-order valence-electron chi connectivity index (χ1n) is 9.64. The number of nitrogens with one attached hydrogen (secondary N) is 1. The van der Waals surface area contributed by atoms with Crippen molar-refractivity contribution in [3.63, 3.8) is 0 Å². The van der Waals surface area contributed by atoms with E-state index in [1.54, 1.807) is 0 Å². The largest absolute Gasteiger partial charge is 0.573 e. The topological polar surface area (TPSA) is 147 Å². The highest BCUT2D eigenvalue weighted by Crippen LogP contribution is 2.31. The number of primary amides is 1. The van der Waals surface area contributed by atoms with Crippen molar-refractivity contribution in [2.24, 2.45) is 5.73 Å². The third-order valence-electron chi connectivity index (χ3n) is 4.19. The van der Waals surface area contributed by atoms with Crippen LogP contribution in [0.25, 0.3) is 5.82 Å². The molecule has 192 valence electrons. The van der Waals surface area contributed by atoms with Gasteiger partial charge in [-0.05, 0) is 26.0 Å². The van der Waals surface area contributed by atoms with Gasteiger partial charge in [-0.1, -0.05) is 0 Å². The summed E-state index contributed by atoms with van der Waals surface area (Å²) in [6.45, 7) is 2.94. The fourth-order valence-electron chi connectivity index (χ4n) is 2.87. The lowest BCUT2D eigenvalue weighted by Crippen LogP contribution is -2.29. The number of halogens is 6. The monoisotopic (exact) mass is 519 g/mol. The van der Waals surface area contributed by atoms with Crippen molar-refractivity contribution in [3.8, 4) is 17.3 Å². The Bertz CT molecular complexity index is 1240. The standard InChI is InChI=1S/C19H15F6N7O4/c1-8(16-30-9(2)31-32(16)14-7-27-13(6-28-14)15(26)33)29-17(34)10-3-11(35-18(20,21)22)5-12(4-10)36-19(23,24)25/h3-8H,1-2H3,(H2,26,33)(H,29,34)/t8-/m0/s1. The molecule has 36 heavy (non-hydrogen) atoms. The third-order valence-corrected chi connectivity index (χ3v) is 4.19. The molecule has 2 aromatic heterocycles. The van der Waals surface area contributed by atoms with E-state index in [4.69, 9.17) is 5.73 Å². The number of ether oxygens (including phenoxy) is 2. The Morgan fingerprint density at radius 3 is 2.06 bits per heavy atom. The average molecular weight is 519 g/mol. The van der Waals surface area contributed by atoms with E-state index in [1.807, 2.05) is 0 Å². The van der Waals surface area contributed by atoms with Crippen molar-refractivity contribution in [3.05, 3.63) is 53.5 Å². The molecule has 0 spiro atoms. The molecule has 2 amide bonds. The Kier molecular flexibility index (Phi) is 7.03. The van der Waals surface area contributed by atoms with Gasteiger partial charge in [-0.3, -0.25) is 9.59 Å². The average Bonchev–Trinajstić information content (AvgIpc) is 3.13. The van der Waals surface area contributed by atoms with Crippen LogP contribution in [0.1, 0.15) is 45.5 Å². The van der Waals surface area contributed by atoms with Gasteiger partial charge in [0.1, 0.15) is 23.0 Å². The van der Waals surface area contributed by atoms with Gasteiger partial charge in [-0.2, -0.15) is 4.68 Å². The molecule has 17 heteroatoms. The number of carbonyl (C=O) groups is 2. The summed E-state index contributed by atoms with van der Waals surface area (Å²) < 4.78 is 84.1. The summed E-state index contributed by atoms with van der Waals surface area (Å²) >= 11 is 0. The number of nitrogens with zero attached hydrogens (tertiary/aromatic N) is 5. The minimum absolute atomic E-state index is 0.0800. The van der Waals surface area contributed by atoms with Crippen molar-refractivity contribution >= 4 is 11.8 Å². The van der Waals surface area contributed by atoms with E-state index in [9.17, 15) is 35.9 Å². The summed E-state index contributed by atoms with van der Waals surface area (Å²) in [6, 6.07) is 0.511. The van der Waals surface area contributed by atoms with Crippen molar-refractivity contribution in [2.45, 2.75) is 32.6 Å². The van der Waals surface area contributed by atoms with Gasteiger partial charge in [-0.25, -0.2) is 15.0 Å². The van der Waals surface area contributed by atoms with E-state index >= 15 is 0 Å². The Balaban J connectivity index is 1.89. The van der Waals surface area contributed by atoms with Crippen molar-refractivity contribution in [2.75, 3.05) is 0 Å². The molecule has 0 aliphatic rings. The molecular formula is C19H15F6N7O4. The normalized spacial score (nSPS) is 12.7. The van der Waals surface area contributed by atoms with Crippen molar-refractivity contribution < 1.29 is 45.4 Å². The summed E-state index contributed by atoms with van der Waals surface area (Å²) in [7, 11) is 0. The van der Waals surface area contributed by atoms with Crippen LogP contribution in [-0.2, 0) is 0 Å². The van der Waals surface area contributed by atoms with Gasteiger partial charge >= 0.3 is 12.7 Å². The maximum Gasteiger partial charge on any atom is 0.573 e. The number of hydrogen-bond donors (Lipinski definition) is 2. The quantitative estimate of drug-likeness (QED) is 0.453. The van der Waals surface area contributed by atoms with E-state index in [1.165, 1.54) is 18.5 Å². The van der Waals surface area contributed by atoms with E-state index < -0.39 is 47.6 Å². The number of aryl methyl sites for hydroxylation is 1. The minimum Gasteiger partial charge on any atom is -0.406 e. The summed E-state index contributed by atoms with van der Waals surface area (Å²) in [4.78, 5) is 35.9. The molecule has 0 bridgehead atoms. The lowest BCUT2D eigenvalue weighted by atomic mass is 10.1. The predicted molar refractivity (Wildman–Crippen MR) is 106 cm³/mol. The molecule has 1 aromatic carbocycles. The molecule has 0 aliphatic carbocycles. The minimum atomic E-state index is -5.24. The molecule has 2 heterocycles. The van der Waals surface area contributed by atoms with Crippen molar-refractivity contribution in [1.29, 1.82) is 0 Å². The summed E-state index contributed by atoms with van der Waals surface area (Å²) in [5.41, 5.74) is 4.36. The van der Waals surface area contributed by atoms with Crippen LogP contribution in [0.3, 0.4) is 0 Å². The van der Waals surface area contributed by atoms with Gasteiger partial charge in [0.2, 0.25) is 0 Å². The number of aromatic nitrogens is 5. The number of amides is 2. The predicted octanol–water partition coefficient (Wildman–Crippen LogP) is 2.75. The SMILES string of the molecule is Cc1nc([C@H](C)NC(=O)c2cc(OC(F)(F)F)cc(OC(F)(F)F)c2)n(-c2cnc(C(N)=O)cn2)n1. The number of benzene rings is 1. The van der Waals surface area contributed by atoms with Crippen LogP contribution in [0.5, 0.6) is 11.5 Å². The van der Waals surface area contributed by atoms with Crippen molar-refractivity contribution in [1.82, 2.24) is 30.0 Å². The first-order chi connectivity index (χ1) is 16.6. The van der Waals surface area contributed by atoms with Crippen LogP contribution < -0.4 is 20.5 Å². The van der Waals surface area contributed by atoms with E-state index in [2.05, 4.69) is 34.8 Å². The third kappa shape index (κ3) is 6.80. The molecule has 11 nitrogen and oxygen atoms in total. The van der Waals surface area contributed by atoms with Crippen LogP contribution in [0.4, 0.5) is 26.3 Å². The summed E-state index contributed by atoms with van der Waals surface area (Å²) in [5, 5.41) is 6.50. The molecule has 0 saturated carbocycles. The molecule has 3 N–H and O–H groups in total. The van der Waals surface area contributed by atoms with E-state index in [0.29, 0.717) is 18.2 Å². The lowest BCUT2D eigenvalue weighted by molar-refractivity contribution is -0.276. The molecule has 0 saturated heterocycles. The number of nitrogens with two attached hydrogens (primary N) is 1. The lowest BCUT2D eigenvalue weighted by Gasteiger charge is -2.16. The zero-order chi connectivity index (χ0) is 26.8. The van der Waals surface area contributed by atoms with Gasteiger partial charge in [0.25, 0.3) is 11.8 Å². The summed E-state index contributed by atoms with van der Waals surface area (Å²) in [6.07, 6.45) is -8.24. The van der Waals surface area contributed by atoms with Crippen LogP contribution in [-0.4, -0.2) is 49.3 Å². The van der Waals surface area contributed by atoms with Crippen LogP contribution >= 0.6 is 0 Å². The maximum atomic E-state index is 12.7. The molecule has 0 radical (unpaired) electrons. The first-order valence-corrected chi connectivity index (χ1v) is 9.64. The molecule has 0 aliphatic heterocycles.